The van der Waals surface area contributed by atoms with E-state index >= 15 is 0 Å². The topological polar surface area (TPSA) is 36.9 Å². The SMILES string of the molecule is CCC1([C](C)C2(CC)COP(C)OC2)COP(C)OC1. The van der Waals surface area contributed by atoms with Gasteiger partial charge in [-0.25, -0.2) is 0 Å². The lowest BCUT2D eigenvalue weighted by Gasteiger charge is -2.51. The summed E-state index contributed by atoms with van der Waals surface area (Å²) in [7, 11) is -1.40. The smallest absolute Gasteiger partial charge is 0.167 e. The van der Waals surface area contributed by atoms with Crippen molar-refractivity contribution in [3.8, 4) is 0 Å². The van der Waals surface area contributed by atoms with Crippen LogP contribution in [0, 0.1) is 16.7 Å². The largest absolute Gasteiger partial charge is 0.334 e. The van der Waals surface area contributed by atoms with Crippen LogP contribution in [0.15, 0.2) is 0 Å². The third kappa shape index (κ3) is 3.21. The number of hydrogen-bond acceptors (Lipinski definition) is 4. The van der Waals surface area contributed by atoms with Gasteiger partial charge in [0.1, 0.15) is 0 Å². The summed E-state index contributed by atoms with van der Waals surface area (Å²) in [5.41, 5.74) is 0.0107. The van der Waals surface area contributed by atoms with Gasteiger partial charge in [0, 0.05) is 24.2 Å². The van der Waals surface area contributed by atoms with Crippen LogP contribution < -0.4 is 0 Å². The molecule has 2 fully saturated rings. The molecule has 117 valence electrons. The van der Waals surface area contributed by atoms with E-state index in [-0.39, 0.29) is 10.8 Å². The van der Waals surface area contributed by atoms with E-state index in [9.17, 15) is 0 Å². The Hall–Kier alpha value is 0.700. The van der Waals surface area contributed by atoms with Crippen LogP contribution in [0.5, 0.6) is 0 Å². The van der Waals surface area contributed by atoms with Gasteiger partial charge in [-0.3, -0.25) is 0 Å². The van der Waals surface area contributed by atoms with Crippen molar-refractivity contribution in [2.45, 2.75) is 33.6 Å². The van der Waals surface area contributed by atoms with E-state index in [1.54, 1.807) is 0 Å². The maximum Gasteiger partial charge on any atom is 0.167 e. The molecule has 0 bridgehead atoms. The molecular weight excluding hydrogens is 294 g/mol. The molecule has 0 saturated carbocycles. The minimum atomic E-state index is -0.699. The van der Waals surface area contributed by atoms with Gasteiger partial charge in [-0.05, 0) is 18.8 Å². The lowest BCUT2D eigenvalue weighted by molar-refractivity contribution is -0.0257. The Morgan fingerprint density at radius 3 is 1.35 bits per heavy atom. The van der Waals surface area contributed by atoms with Crippen molar-refractivity contribution in [1.82, 2.24) is 0 Å². The standard InChI is InChI=1S/C14H27O4P2/c1-6-13(8-15-19(4)16-9-13)12(3)14(7-2)10-17-20(5)18-11-14/h6-11H2,1-5H3. The van der Waals surface area contributed by atoms with Gasteiger partial charge in [-0.15, -0.1) is 0 Å². The Morgan fingerprint density at radius 1 is 0.800 bits per heavy atom. The third-order valence-corrected chi connectivity index (χ3v) is 7.01. The number of rotatable bonds is 4. The van der Waals surface area contributed by atoms with Crippen molar-refractivity contribution in [2.24, 2.45) is 10.8 Å². The molecule has 0 aromatic carbocycles. The molecule has 4 nitrogen and oxygen atoms in total. The van der Waals surface area contributed by atoms with Gasteiger partial charge in [-0.2, -0.15) is 0 Å². The van der Waals surface area contributed by atoms with Crippen molar-refractivity contribution in [1.29, 1.82) is 0 Å². The highest BCUT2D eigenvalue weighted by Crippen LogP contribution is 2.57. The number of hydrogen-bond donors (Lipinski definition) is 0. The van der Waals surface area contributed by atoms with Gasteiger partial charge in [0.2, 0.25) is 0 Å². The van der Waals surface area contributed by atoms with Crippen LogP contribution in [0.3, 0.4) is 0 Å². The first-order chi connectivity index (χ1) is 9.48. The second-order valence-electron chi connectivity index (χ2n) is 5.87. The summed E-state index contributed by atoms with van der Waals surface area (Å²) >= 11 is 0. The predicted octanol–water partition coefficient (Wildman–Crippen LogP) is 4.35. The predicted molar refractivity (Wildman–Crippen MR) is 83.9 cm³/mol. The van der Waals surface area contributed by atoms with E-state index < -0.39 is 16.8 Å². The molecule has 2 saturated heterocycles. The van der Waals surface area contributed by atoms with E-state index in [4.69, 9.17) is 18.1 Å². The molecule has 0 amide bonds. The molecule has 0 aromatic rings. The average molecular weight is 321 g/mol. The average Bonchev–Trinajstić information content (AvgIpc) is 2.49. The minimum absolute atomic E-state index is 0.00537. The van der Waals surface area contributed by atoms with Crippen LogP contribution >= 0.6 is 16.8 Å². The van der Waals surface area contributed by atoms with Crippen LogP contribution in [0.2, 0.25) is 0 Å². The zero-order chi connectivity index (χ0) is 14.8. The van der Waals surface area contributed by atoms with Crippen LogP contribution in [-0.4, -0.2) is 39.8 Å². The fourth-order valence-electron chi connectivity index (χ4n) is 2.95. The van der Waals surface area contributed by atoms with Crippen LogP contribution in [0.25, 0.3) is 0 Å². The molecule has 0 aromatic heterocycles. The minimum Gasteiger partial charge on any atom is -0.334 e. The van der Waals surface area contributed by atoms with Crippen LogP contribution in [0.1, 0.15) is 33.6 Å². The van der Waals surface area contributed by atoms with Crippen molar-refractivity contribution in [3.05, 3.63) is 5.92 Å². The molecule has 0 unspecified atom stereocenters. The van der Waals surface area contributed by atoms with E-state index in [1.807, 2.05) is 13.3 Å². The van der Waals surface area contributed by atoms with E-state index in [2.05, 4.69) is 20.8 Å². The van der Waals surface area contributed by atoms with Crippen molar-refractivity contribution in [3.63, 3.8) is 0 Å². The van der Waals surface area contributed by atoms with Gasteiger partial charge in [-0.1, -0.05) is 20.8 Å². The Kier molecular flexibility index (Phi) is 5.85. The van der Waals surface area contributed by atoms with Crippen molar-refractivity contribution >= 4 is 16.8 Å². The molecule has 0 atom stereocenters. The molecule has 20 heavy (non-hydrogen) atoms. The lowest BCUT2D eigenvalue weighted by Crippen LogP contribution is -2.50. The van der Waals surface area contributed by atoms with Gasteiger partial charge in [0.25, 0.3) is 0 Å². The van der Waals surface area contributed by atoms with E-state index in [1.165, 1.54) is 5.92 Å². The first kappa shape index (κ1) is 17.1. The lowest BCUT2D eigenvalue weighted by atomic mass is 9.61. The summed E-state index contributed by atoms with van der Waals surface area (Å²) in [6, 6.07) is 0. The Labute approximate surface area is 125 Å². The highest BCUT2D eigenvalue weighted by molar-refractivity contribution is 7.46. The molecule has 2 rings (SSSR count). The van der Waals surface area contributed by atoms with E-state index in [0.717, 1.165) is 39.3 Å². The molecular formula is C14H27O4P2. The Morgan fingerprint density at radius 2 is 1.10 bits per heavy atom. The molecule has 0 N–H and O–H groups in total. The summed E-state index contributed by atoms with van der Waals surface area (Å²) in [5, 5.41) is 0. The first-order valence-corrected chi connectivity index (χ1v) is 10.6. The zero-order valence-corrected chi connectivity index (χ0v) is 15.1. The molecule has 2 heterocycles. The highest BCUT2D eigenvalue weighted by Gasteiger charge is 2.51. The van der Waals surface area contributed by atoms with Gasteiger partial charge in [0.15, 0.2) is 16.8 Å². The Balaban J connectivity index is 2.15. The maximum atomic E-state index is 5.85. The fourth-order valence-corrected chi connectivity index (χ4v) is 4.81. The summed E-state index contributed by atoms with van der Waals surface area (Å²) in [4.78, 5) is 0. The monoisotopic (exact) mass is 321 g/mol. The first-order valence-electron chi connectivity index (χ1n) is 7.31. The quantitative estimate of drug-likeness (QED) is 0.721. The molecule has 0 spiro atoms. The summed E-state index contributed by atoms with van der Waals surface area (Å²) in [6.07, 6.45) is 2.06. The summed E-state index contributed by atoms with van der Waals surface area (Å²) in [6.45, 7) is 13.8. The molecule has 0 aliphatic carbocycles. The van der Waals surface area contributed by atoms with Crippen LogP contribution in [-0.2, 0) is 18.1 Å². The van der Waals surface area contributed by atoms with Gasteiger partial charge < -0.3 is 18.1 Å². The second-order valence-corrected chi connectivity index (χ2v) is 8.66. The van der Waals surface area contributed by atoms with Gasteiger partial charge >= 0.3 is 0 Å². The molecule has 2 aliphatic rings. The van der Waals surface area contributed by atoms with Crippen molar-refractivity contribution in [2.75, 3.05) is 39.8 Å². The van der Waals surface area contributed by atoms with E-state index in [0.29, 0.717) is 0 Å². The highest BCUT2D eigenvalue weighted by atomic mass is 31.2. The normalized spacial score (nSPS) is 42.9. The fraction of sp³-hybridized carbons (Fsp3) is 0.929. The maximum absolute atomic E-state index is 5.85. The third-order valence-electron chi connectivity index (χ3n) is 5.04. The zero-order valence-electron chi connectivity index (χ0n) is 13.3. The molecule has 2 aliphatic heterocycles. The summed E-state index contributed by atoms with van der Waals surface area (Å²) < 4.78 is 23.4. The molecule has 1 radical (unpaired) electrons. The molecule has 6 heteroatoms. The second kappa shape index (κ2) is 6.86. The van der Waals surface area contributed by atoms with Crippen LogP contribution in [0.4, 0.5) is 0 Å². The van der Waals surface area contributed by atoms with Crippen molar-refractivity contribution < 1.29 is 18.1 Å². The summed E-state index contributed by atoms with van der Waals surface area (Å²) in [5.74, 6) is 1.43. The Bertz CT molecular complexity index is 280. The van der Waals surface area contributed by atoms with Gasteiger partial charge in [0.05, 0.1) is 26.4 Å².